The number of nitrogens with zero attached hydrogens (tertiary/aromatic N) is 5. The number of aromatic amines is 1. The molecule has 0 saturated carbocycles. The number of nitrogens with one attached hydrogen (secondary N) is 4. The van der Waals surface area contributed by atoms with Gasteiger partial charge < -0.3 is 35.4 Å². The van der Waals surface area contributed by atoms with Crippen molar-refractivity contribution in [3.8, 4) is 11.1 Å². The van der Waals surface area contributed by atoms with Gasteiger partial charge in [-0.15, -0.1) is 0 Å². The molecule has 5 N–H and O–H groups in total. The van der Waals surface area contributed by atoms with Crippen molar-refractivity contribution in [1.82, 2.24) is 30.1 Å². The minimum absolute atomic E-state index is 0.0588. The van der Waals surface area contributed by atoms with Crippen LogP contribution in [0.1, 0.15) is 54.6 Å². The van der Waals surface area contributed by atoms with E-state index >= 15 is 8.78 Å². The molecule has 2 saturated heterocycles. The first-order valence-corrected chi connectivity index (χ1v) is 21.7. The molecule has 2 aliphatic rings. The number of hydrogen-bond donors (Lipinski definition) is 5. The average molecular weight is 872 g/mol. The van der Waals surface area contributed by atoms with E-state index in [9.17, 15) is 32.7 Å². The quantitative estimate of drug-likeness (QED) is 0.101. The normalized spacial score (nSPS) is 17.4. The zero-order valence-corrected chi connectivity index (χ0v) is 35.1. The molecule has 2 aliphatic heterocycles. The Labute approximate surface area is 356 Å². The second-order valence-electron chi connectivity index (χ2n) is 15.5. The lowest BCUT2D eigenvalue weighted by Crippen LogP contribution is -2.51. The van der Waals surface area contributed by atoms with E-state index in [-0.39, 0.29) is 42.7 Å². The Hall–Kier alpha value is -6.47. The summed E-state index contributed by atoms with van der Waals surface area (Å²) < 4.78 is 58.0. The number of piperazine rings is 1. The molecule has 0 aliphatic carbocycles. The lowest BCUT2D eigenvalue weighted by molar-refractivity contribution is -0.139. The van der Waals surface area contributed by atoms with Crippen LogP contribution in [0.5, 0.6) is 0 Å². The van der Waals surface area contributed by atoms with E-state index in [1.54, 1.807) is 61.6 Å². The predicted octanol–water partition coefficient (Wildman–Crippen LogP) is 4.03. The fourth-order valence-corrected chi connectivity index (χ4v) is 8.38. The summed E-state index contributed by atoms with van der Waals surface area (Å²) >= 11 is 0. The highest BCUT2D eigenvalue weighted by Gasteiger charge is 2.29. The number of rotatable bonds is 14. The van der Waals surface area contributed by atoms with Gasteiger partial charge in [0.15, 0.2) is 5.82 Å². The summed E-state index contributed by atoms with van der Waals surface area (Å²) in [5.74, 6) is -3.45. The Morgan fingerprint density at radius 2 is 1.71 bits per heavy atom. The summed E-state index contributed by atoms with van der Waals surface area (Å²) in [6.45, 7) is 4.91. The van der Waals surface area contributed by atoms with Gasteiger partial charge in [0, 0.05) is 79.6 Å². The van der Waals surface area contributed by atoms with Gasteiger partial charge in [0.2, 0.25) is 33.5 Å². The van der Waals surface area contributed by atoms with Gasteiger partial charge in [-0.2, -0.15) is 0 Å². The van der Waals surface area contributed by atoms with E-state index in [0.717, 1.165) is 23.4 Å². The first kappa shape index (κ1) is 43.6. The number of halogens is 2. The third-order valence-electron chi connectivity index (χ3n) is 11.3. The standard InChI is InChI=1S/C43H47F2N9O7S/c1-4-25(2)62(60,61)51-33-11-10-32(44)39(40(33)45)41(58)31-23-48-42-30(31)20-28(22-47-42)27-7-13-35(46-21-27)53-15-17-54(18-16-53)38(57)24-52(3)37(56)19-26-5-8-29(9-6-26)49-34-12-14-36(55)50-43(34)59/h5-11,13,20-23,25,34,36,49,51,55H,4,12,14-19,24H2,1-3H3,(H,47,48)(H,50,59). The number of amides is 3. The van der Waals surface area contributed by atoms with Gasteiger partial charge in [-0.1, -0.05) is 19.1 Å². The van der Waals surface area contributed by atoms with Gasteiger partial charge in [-0.05, 0) is 74.2 Å². The Bertz CT molecular complexity index is 2600. The number of carbonyl (C=O) groups excluding carboxylic acids is 4. The number of H-pyrrole nitrogens is 1. The highest BCUT2D eigenvalue weighted by atomic mass is 32.2. The van der Waals surface area contributed by atoms with E-state index in [4.69, 9.17) is 0 Å². The van der Waals surface area contributed by atoms with Gasteiger partial charge in [-0.25, -0.2) is 27.2 Å². The SMILES string of the molecule is CCC(C)S(=O)(=O)Nc1ccc(F)c(C(=O)c2c[nH]c3ncc(-c4ccc(N5CCN(C(=O)CN(C)C(=O)Cc6ccc(NC7CCC(O)NC7=O)cc6)CC5)nc4)cc23)c1F. The van der Waals surface area contributed by atoms with E-state index < -0.39 is 56.2 Å². The number of anilines is 3. The minimum Gasteiger partial charge on any atom is -0.374 e. The molecule has 3 atom stereocenters. The van der Waals surface area contributed by atoms with Crippen LogP contribution in [0.25, 0.3) is 22.2 Å². The number of carbonyl (C=O) groups is 4. The molecule has 16 nitrogen and oxygen atoms in total. The van der Waals surface area contributed by atoms with Crippen molar-refractivity contribution in [1.29, 1.82) is 0 Å². The maximum absolute atomic E-state index is 15.6. The van der Waals surface area contributed by atoms with Crippen LogP contribution >= 0.6 is 0 Å². The van der Waals surface area contributed by atoms with Gasteiger partial charge in [-0.3, -0.25) is 23.9 Å². The summed E-state index contributed by atoms with van der Waals surface area (Å²) in [5, 5.41) is 14.7. The first-order chi connectivity index (χ1) is 29.6. The zero-order chi connectivity index (χ0) is 44.3. The van der Waals surface area contributed by atoms with Crippen LogP contribution in [-0.2, 0) is 30.8 Å². The third-order valence-corrected chi connectivity index (χ3v) is 13.2. The van der Waals surface area contributed by atoms with Gasteiger partial charge in [0.25, 0.3) is 0 Å². The maximum Gasteiger partial charge on any atom is 0.244 e. The van der Waals surface area contributed by atoms with Crippen LogP contribution < -0.4 is 20.3 Å². The van der Waals surface area contributed by atoms with Crippen molar-refractivity contribution in [2.24, 2.45) is 0 Å². The number of likely N-dealkylation sites (N-methyl/N-ethyl adjacent to an activating group) is 1. The Morgan fingerprint density at radius 1 is 0.984 bits per heavy atom. The lowest BCUT2D eigenvalue weighted by Gasteiger charge is -2.36. The predicted molar refractivity (Wildman–Crippen MR) is 229 cm³/mol. The molecule has 326 valence electrons. The molecule has 3 aromatic heterocycles. The van der Waals surface area contributed by atoms with Crippen LogP contribution in [0.15, 0.2) is 73.2 Å². The second kappa shape index (κ2) is 18.3. The number of pyridine rings is 2. The molecule has 3 unspecified atom stereocenters. The molecule has 0 radical (unpaired) electrons. The molecule has 3 amide bonds. The second-order valence-corrected chi connectivity index (χ2v) is 17.6. The van der Waals surface area contributed by atoms with Crippen molar-refractivity contribution in [2.75, 3.05) is 54.7 Å². The molecule has 2 aromatic carbocycles. The average Bonchev–Trinajstić information content (AvgIpc) is 3.69. The highest BCUT2D eigenvalue weighted by molar-refractivity contribution is 7.93. The van der Waals surface area contributed by atoms with E-state index in [2.05, 4.69) is 30.3 Å². The summed E-state index contributed by atoms with van der Waals surface area (Å²) in [4.78, 5) is 69.0. The Balaban J connectivity index is 0.930. The fraction of sp³-hybridized carbons (Fsp3) is 0.349. The van der Waals surface area contributed by atoms with Gasteiger partial charge in [0.05, 0.1) is 29.5 Å². The minimum atomic E-state index is -3.99. The monoisotopic (exact) mass is 871 g/mol. The Morgan fingerprint density at radius 3 is 2.39 bits per heavy atom. The molecule has 0 spiro atoms. The van der Waals surface area contributed by atoms with Gasteiger partial charge in [0.1, 0.15) is 29.6 Å². The van der Waals surface area contributed by atoms with E-state index in [0.29, 0.717) is 67.0 Å². The number of hydrogen-bond acceptors (Lipinski definition) is 11. The van der Waals surface area contributed by atoms with Crippen molar-refractivity contribution in [3.05, 3.63) is 102 Å². The molecule has 19 heteroatoms. The van der Waals surface area contributed by atoms with Crippen molar-refractivity contribution in [2.45, 2.75) is 57.1 Å². The van der Waals surface area contributed by atoms with E-state index in [1.807, 2.05) is 17.0 Å². The summed E-state index contributed by atoms with van der Waals surface area (Å²) in [6.07, 6.45) is 5.00. The van der Waals surface area contributed by atoms with Crippen LogP contribution in [0.2, 0.25) is 0 Å². The topological polar surface area (TPSA) is 210 Å². The number of aliphatic hydroxyl groups excluding tert-OH is 1. The van der Waals surface area contributed by atoms with Crippen molar-refractivity contribution in [3.63, 3.8) is 0 Å². The number of aromatic nitrogens is 3. The molecule has 5 heterocycles. The highest BCUT2D eigenvalue weighted by Crippen LogP contribution is 2.31. The summed E-state index contributed by atoms with van der Waals surface area (Å²) in [5.41, 5.74) is 1.52. The van der Waals surface area contributed by atoms with Crippen LogP contribution in [0, 0.1) is 11.6 Å². The number of sulfonamides is 1. The van der Waals surface area contributed by atoms with Crippen molar-refractivity contribution >= 4 is 61.8 Å². The maximum atomic E-state index is 15.6. The van der Waals surface area contributed by atoms with Gasteiger partial charge >= 0.3 is 0 Å². The summed E-state index contributed by atoms with van der Waals surface area (Å²) in [6, 6.07) is 13.8. The number of benzene rings is 2. The molecule has 62 heavy (non-hydrogen) atoms. The molecule has 2 fully saturated rings. The molecular weight excluding hydrogens is 825 g/mol. The fourth-order valence-electron chi connectivity index (χ4n) is 7.28. The largest absolute Gasteiger partial charge is 0.374 e. The Kier molecular flexibility index (Phi) is 12.8. The number of fused-ring (bicyclic) bond motifs is 1. The smallest absolute Gasteiger partial charge is 0.244 e. The first-order valence-electron chi connectivity index (χ1n) is 20.2. The number of aliphatic hydroxyl groups is 1. The van der Waals surface area contributed by atoms with Crippen molar-refractivity contribution < 1.29 is 41.5 Å². The molecular formula is C43H47F2N9O7S. The zero-order valence-electron chi connectivity index (χ0n) is 34.3. The third kappa shape index (κ3) is 9.52. The van der Waals surface area contributed by atoms with E-state index in [1.165, 1.54) is 18.0 Å². The van der Waals surface area contributed by atoms with Crippen LogP contribution in [0.3, 0.4) is 0 Å². The number of piperidine rings is 1. The molecule has 0 bridgehead atoms. The lowest BCUT2D eigenvalue weighted by atomic mass is 10.00. The number of ketones is 1. The molecule has 7 rings (SSSR count). The van der Waals surface area contributed by atoms with Crippen LogP contribution in [0.4, 0.5) is 26.0 Å². The summed E-state index contributed by atoms with van der Waals surface area (Å²) in [7, 11) is -2.40. The van der Waals surface area contributed by atoms with Crippen LogP contribution in [-0.4, -0.2) is 119 Å². The molecule has 5 aromatic rings.